The van der Waals surface area contributed by atoms with Crippen LogP contribution in [-0.2, 0) is 25.5 Å². The first kappa shape index (κ1) is 20.4. The Kier molecular flexibility index (Phi) is 5.83. The molecule has 2 amide bonds. The van der Waals surface area contributed by atoms with E-state index in [1.165, 1.54) is 0 Å². The highest BCUT2D eigenvalue weighted by molar-refractivity contribution is 5.97. The van der Waals surface area contributed by atoms with Gasteiger partial charge in [-0.25, -0.2) is 0 Å². The molecule has 1 aromatic rings. The molecule has 4 unspecified atom stereocenters. The zero-order valence-electron chi connectivity index (χ0n) is 16.2. The molecule has 2 saturated heterocycles. The second kappa shape index (κ2) is 7.98. The van der Waals surface area contributed by atoms with Crippen molar-refractivity contribution in [1.82, 2.24) is 16.0 Å². The van der Waals surface area contributed by atoms with Crippen molar-refractivity contribution < 1.29 is 24.2 Å². The molecular formula is C20H27N3O5. The van der Waals surface area contributed by atoms with Crippen molar-refractivity contribution >= 4 is 17.6 Å². The average molecular weight is 389 g/mol. The topological polar surface area (TPSA) is 120 Å². The predicted octanol–water partition coefficient (Wildman–Crippen LogP) is -0.699. The standard InChI is InChI=1S/C20H27N3O5/c1-19(27)8-9-21-16(19)18(26)22-11-15(24)23-14(17(25)20(2)12-28-20)10-13-6-4-3-5-7-13/h3-7,14,16,21,27H,8-12H2,1-2H3,(H,22,26)(H,23,24). The first-order valence-electron chi connectivity index (χ1n) is 9.46. The Labute approximate surface area is 164 Å². The van der Waals surface area contributed by atoms with Crippen LogP contribution >= 0.6 is 0 Å². The summed E-state index contributed by atoms with van der Waals surface area (Å²) in [5.74, 6) is -1.10. The Morgan fingerprint density at radius 1 is 1.29 bits per heavy atom. The summed E-state index contributed by atoms with van der Waals surface area (Å²) in [6.07, 6.45) is 0.806. The van der Waals surface area contributed by atoms with Crippen molar-refractivity contribution in [1.29, 1.82) is 0 Å². The molecule has 2 aliphatic heterocycles. The molecule has 28 heavy (non-hydrogen) atoms. The van der Waals surface area contributed by atoms with E-state index in [9.17, 15) is 19.5 Å². The molecule has 8 nitrogen and oxygen atoms in total. The van der Waals surface area contributed by atoms with Gasteiger partial charge < -0.3 is 25.8 Å². The average Bonchev–Trinajstić information content (AvgIpc) is 3.31. The van der Waals surface area contributed by atoms with Gasteiger partial charge in [0.2, 0.25) is 11.8 Å². The number of rotatable bonds is 8. The smallest absolute Gasteiger partial charge is 0.240 e. The minimum Gasteiger partial charge on any atom is -0.388 e. The van der Waals surface area contributed by atoms with Crippen LogP contribution in [0.25, 0.3) is 0 Å². The van der Waals surface area contributed by atoms with E-state index in [1.54, 1.807) is 13.8 Å². The molecule has 4 N–H and O–H groups in total. The number of amides is 2. The maximum Gasteiger partial charge on any atom is 0.240 e. The van der Waals surface area contributed by atoms with Crippen molar-refractivity contribution in [2.45, 2.75) is 50.0 Å². The predicted molar refractivity (Wildman–Crippen MR) is 101 cm³/mol. The van der Waals surface area contributed by atoms with Crippen molar-refractivity contribution in [2.75, 3.05) is 19.7 Å². The number of hydrogen-bond acceptors (Lipinski definition) is 6. The highest BCUT2D eigenvalue weighted by Gasteiger charge is 2.50. The van der Waals surface area contributed by atoms with E-state index < -0.39 is 35.1 Å². The molecule has 2 fully saturated rings. The van der Waals surface area contributed by atoms with Crippen LogP contribution in [0.1, 0.15) is 25.8 Å². The van der Waals surface area contributed by atoms with E-state index in [4.69, 9.17) is 4.74 Å². The van der Waals surface area contributed by atoms with Crippen molar-refractivity contribution in [3.05, 3.63) is 35.9 Å². The van der Waals surface area contributed by atoms with Gasteiger partial charge in [-0.05, 0) is 38.8 Å². The van der Waals surface area contributed by atoms with Crippen molar-refractivity contribution in [3.63, 3.8) is 0 Å². The number of hydrogen-bond donors (Lipinski definition) is 4. The highest BCUT2D eigenvalue weighted by Crippen LogP contribution is 2.29. The quantitative estimate of drug-likeness (QED) is 0.437. The van der Waals surface area contributed by atoms with Crippen LogP contribution in [0, 0.1) is 0 Å². The van der Waals surface area contributed by atoms with Gasteiger partial charge in [-0.3, -0.25) is 14.4 Å². The molecule has 8 heteroatoms. The molecule has 4 atom stereocenters. The van der Waals surface area contributed by atoms with E-state index in [-0.39, 0.29) is 12.3 Å². The summed E-state index contributed by atoms with van der Waals surface area (Å²) in [6.45, 7) is 3.89. The number of epoxide rings is 1. The van der Waals surface area contributed by atoms with Crippen LogP contribution in [0.3, 0.4) is 0 Å². The first-order valence-corrected chi connectivity index (χ1v) is 9.46. The van der Waals surface area contributed by atoms with Crippen LogP contribution in [0.15, 0.2) is 30.3 Å². The number of carbonyl (C=O) groups is 3. The summed E-state index contributed by atoms with van der Waals surface area (Å²) in [7, 11) is 0. The maximum absolute atomic E-state index is 12.7. The number of Topliss-reactive ketones (excluding diaryl/α,β-unsaturated/α-hetero) is 1. The van der Waals surface area contributed by atoms with E-state index in [0.29, 0.717) is 26.0 Å². The minimum absolute atomic E-state index is 0.184. The first-order chi connectivity index (χ1) is 13.2. The van der Waals surface area contributed by atoms with Gasteiger partial charge >= 0.3 is 0 Å². The number of benzene rings is 1. The fraction of sp³-hybridized carbons (Fsp3) is 0.550. The molecule has 152 valence electrons. The maximum atomic E-state index is 12.7. The lowest BCUT2D eigenvalue weighted by atomic mass is 9.95. The lowest BCUT2D eigenvalue weighted by Crippen LogP contribution is -2.54. The Balaban J connectivity index is 1.58. The van der Waals surface area contributed by atoms with Gasteiger partial charge in [0.15, 0.2) is 5.78 Å². The van der Waals surface area contributed by atoms with E-state index in [0.717, 1.165) is 5.56 Å². The summed E-state index contributed by atoms with van der Waals surface area (Å²) in [4.78, 5) is 37.3. The molecule has 1 aromatic carbocycles. The number of ether oxygens (including phenoxy) is 1. The Morgan fingerprint density at radius 3 is 2.54 bits per heavy atom. The summed E-state index contributed by atoms with van der Waals surface area (Å²) in [6, 6.07) is 7.89. The molecule has 0 aliphatic carbocycles. The van der Waals surface area contributed by atoms with Gasteiger partial charge in [0.25, 0.3) is 0 Å². The number of nitrogens with one attached hydrogen (secondary N) is 3. The van der Waals surface area contributed by atoms with E-state index in [2.05, 4.69) is 16.0 Å². The summed E-state index contributed by atoms with van der Waals surface area (Å²) in [5.41, 5.74) is -1.09. The summed E-state index contributed by atoms with van der Waals surface area (Å²) in [5, 5.41) is 18.4. The van der Waals surface area contributed by atoms with Crippen LogP contribution in [-0.4, -0.2) is 65.7 Å². The van der Waals surface area contributed by atoms with Gasteiger partial charge in [-0.2, -0.15) is 0 Å². The van der Waals surface area contributed by atoms with E-state index >= 15 is 0 Å². The summed E-state index contributed by atoms with van der Waals surface area (Å²) < 4.78 is 5.24. The molecule has 2 heterocycles. The monoisotopic (exact) mass is 389 g/mol. The SMILES string of the molecule is CC1(C(=O)C(Cc2ccccc2)NC(=O)CNC(=O)C2NCCC2(C)O)CO1. The number of aliphatic hydroxyl groups is 1. The molecule has 0 spiro atoms. The van der Waals surface area contributed by atoms with Gasteiger partial charge in [0, 0.05) is 0 Å². The Bertz CT molecular complexity index is 745. The van der Waals surface area contributed by atoms with Crippen LogP contribution in [0.2, 0.25) is 0 Å². The molecule has 0 aromatic heterocycles. The van der Waals surface area contributed by atoms with Crippen LogP contribution < -0.4 is 16.0 Å². The highest BCUT2D eigenvalue weighted by atomic mass is 16.6. The number of ketones is 1. The van der Waals surface area contributed by atoms with Crippen LogP contribution in [0.5, 0.6) is 0 Å². The second-order valence-electron chi connectivity index (χ2n) is 7.91. The van der Waals surface area contributed by atoms with Gasteiger partial charge in [-0.1, -0.05) is 30.3 Å². The van der Waals surface area contributed by atoms with Gasteiger partial charge in [0.05, 0.1) is 24.8 Å². The zero-order chi connectivity index (χ0) is 20.4. The fourth-order valence-electron chi connectivity index (χ4n) is 3.40. The van der Waals surface area contributed by atoms with Gasteiger partial charge in [-0.15, -0.1) is 0 Å². The van der Waals surface area contributed by atoms with Crippen molar-refractivity contribution in [3.8, 4) is 0 Å². The minimum atomic E-state index is -1.15. The molecule has 3 rings (SSSR count). The second-order valence-corrected chi connectivity index (χ2v) is 7.91. The van der Waals surface area contributed by atoms with E-state index in [1.807, 2.05) is 30.3 Å². The largest absolute Gasteiger partial charge is 0.388 e. The van der Waals surface area contributed by atoms with Gasteiger partial charge in [0.1, 0.15) is 11.6 Å². The Morgan fingerprint density at radius 2 is 1.96 bits per heavy atom. The molecular weight excluding hydrogens is 362 g/mol. The van der Waals surface area contributed by atoms with Crippen LogP contribution in [0.4, 0.5) is 0 Å². The summed E-state index contributed by atoms with van der Waals surface area (Å²) >= 11 is 0. The third-order valence-electron chi connectivity index (χ3n) is 5.32. The fourth-order valence-corrected chi connectivity index (χ4v) is 3.40. The molecule has 2 aliphatic rings. The molecule has 0 radical (unpaired) electrons. The molecule has 0 bridgehead atoms. The third kappa shape index (κ3) is 4.76. The third-order valence-corrected chi connectivity index (χ3v) is 5.32. The molecule has 0 saturated carbocycles. The lowest BCUT2D eigenvalue weighted by molar-refractivity contribution is -0.132. The lowest BCUT2D eigenvalue weighted by Gasteiger charge is -2.24. The normalized spacial score (nSPS) is 29.8. The van der Waals surface area contributed by atoms with Crippen molar-refractivity contribution in [2.24, 2.45) is 0 Å². The number of carbonyl (C=O) groups excluding carboxylic acids is 3. The zero-order valence-corrected chi connectivity index (χ0v) is 16.2. The Hall–Kier alpha value is -2.29.